The maximum atomic E-state index is 13.7. The van der Waals surface area contributed by atoms with Gasteiger partial charge in [-0.15, -0.1) is 0 Å². The van der Waals surface area contributed by atoms with Gasteiger partial charge in [-0.2, -0.15) is 0 Å². The number of likely N-dealkylation sites (N-methyl/N-ethyl adjacent to an activating group) is 1. The Morgan fingerprint density at radius 3 is 2.17 bits per heavy atom. The van der Waals surface area contributed by atoms with Crippen LogP contribution < -0.4 is 9.62 Å². The molecule has 0 bridgehead atoms. The molecule has 0 heterocycles. The number of carbonyl (C=O) groups is 2. The molecule has 0 radical (unpaired) electrons. The largest absolute Gasteiger partial charge is 0.357 e. The Kier molecular flexibility index (Phi) is 9.00. The topological polar surface area (TPSA) is 86.8 Å². The molecular formula is C26H27Cl2N3O4S. The van der Waals surface area contributed by atoms with Crippen LogP contribution in [0.15, 0.2) is 77.7 Å². The van der Waals surface area contributed by atoms with Crippen molar-refractivity contribution >= 4 is 50.7 Å². The summed E-state index contributed by atoms with van der Waals surface area (Å²) in [5, 5.41) is 3.33. The molecule has 36 heavy (non-hydrogen) atoms. The fraction of sp³-hybridized carbons (Fsp3) is 0.231. The monoisotopic (exact) mass is 547 g/mol. The van der Waals surface area contributed by atoms with Crippen molar-refractivity contribution in [1.82, 2.24) is 10.2 Å². The number of nitrogens with one attached hydrogen (secondary N) is 1. The summed E-state index contributed by atoms with van der Waals surface area (Å²) in [6.07, 6.45) is 0. The van der Waals surface area contributed by atoms with Crippen LogP contribution in [0, 0.1) is 6.92 Å². The summed E-state index contributed by atoms with van der Waals surface area (Å²) in [4.78, 5) is 27.6. The number of halogens is 2. The first-order chi connectivity index (χ1) is 17.1. The van der Waals surface area contributed by atoms with Gasteiger partial charge in [-0.1, -0.05) is 65.7 Å². The molecule has 1 N–H and O–H groups in total. The zero-order valence-corrected chi connectivity index (χ0v) is 22.4. The molecule has 0 aliphatic carbocycles. The molecule has 0 fully saturated rings. The van der Waals surface area contributed by atoms with E-state index in [-0.39, 0.29) is 17.1 Å². The number of benzene rings is 3. The van der Waals surface area contributed by atoms with Crippen molar-refractivity contribution in [2.75, 3.05) is 17.9 Å². The lowest BCUT2D eigenvalue weighted by molar-refractivity contribution is -0.139. The predicted molar refractivity (Wildman–Crippen MR) is 143 cm³/mol. The summed E-state index contributed by atoms with van der Waals surface area (Å²) in [6.45, 7) is 2.73. The molecule has 10 heteroatoms. The molecule has 0 saturated heterocycles. The van der Waals surface area contributed by atoms with Crippen LogP contribution in [0.25, 0.3) is 0 Å². The third-order valence-corrected chi connectivity index (χ3v) is 8.38. The Balaban J connectivity index is 2.08. The van der Waals surface area contributed by atoms with Crippen LogP contribution in [-0.2, 0) is 26.2 Å². The molecule has 0 saturated carbocycles. The van der Waals surface area contributed by atoms with Crippen LogP contribution >= 0.6 is 23.2 Å². The van der Waals surface area contributed by atoms with E-state index in [4.69, 9.17) is 23.2 Å². The van der Waals surface area contributed by atoms with Crippen molar-refractivity contribution in [1.29, 1.82) is 0 Å². The van der Waals surface area contributed by atoms with E-state index in [0.29, 0.717) is 21.2 Å². The van der Waals surface area contributed by atoms with Crippen LogP contribution in [0.4, 0.5) is 5.69 Å². The summed E-state index contributed by atoms with van der Waals surface area (Å²) in [7, 11) is -2.68. The SMILES string of the molecule is CNC(=O)[C@H](C)N(Cc1ccccc1Cl)C(=O)CN(c1cccc(Cl)c1C)S(=O)(=O)c1ccccc1. The lowest BCUT2D eigenvalue weighted by Gasteiger charge is -2.32. The second-order valence-corrected chi connectivity index (χ2v) is 10.8. The molecule has 1 atom stereocenters. The van der Waals surface area contributed by atoms with Gasteiger partial charge in [-0.25, -0.2) is 8.42 Å². The Hall–Kier alpha value is -3.07. The summed E-state index contributed by atoms with van der Waals surface area (Å²) >= 11 is 12.6. The average molecular weight is 548 g/mol. The highest BCUT2D eigenvalue weighted by atomic mass is 35.5. The molecule has 7 nitrogen and oxygen atoms in total. The highest BCUT2D eigenvalue weighted by Gasteiger charge is 2.33. The predicted octanol–water partition coefficient (Wildman–Crippen LogP) is 4.66. The first kappa shape index (κ1) is 27.5. The van der Waals surface area contributed by atoms with Gasteiger partial charge < -0.3 is 10.2 Å². The van der Waals surface area contributed by atoms with Crippen molar-refractivity contribution in [2.24, 2.45) is 0 Å². The number of hydrogen-bond acceptors (Lipinski definition) is 4. The van der Waals surface area contributed by atoms with Gasteiger partial charge >= 0.3 is 0 Å². The average Bonchev–Trinajstić information content (AvgIpc) is 2.88. The molecule has 0 unspecified atom stereocenters. The normalized spacial score (nSPS) is 12.0. The van der Waals surface area contributed by atoms with E-state index in [1.807, 2.05) is 0 Å². The lowest BCUT2D eigenvalue weighted by Crippen LogP contribution is -2.50. The van der Waals surface area contributed by atoms with Crippen LogP contribution in [-0.4, -0.2) is 44.8 Å². The maximum Gasteiger partial charge on any atom is 0.264 e. The van der Waals surface area contributed by atoms with E-state index in [1.54, 1.807) is 74.5 Å². The van der Waals surface area contributed by atoms with Crippen molar-refractivity contribution < 1.29 is 18.0 Å². The van der Waals surface area contributed by atoms with Crippen molar-refractivity contribution in [3.63, 3.8) is 0 Å². The number of nitrogens with zero attached hydrogens (tertiary/aromatic N) is 2. The fourth-order valence-electron chi connectivity index (χ4n) is 3.70. The molecule has 190 valence electrons. The Morgan fingerprint density at radius 2 is 1.53 bits per heavy atom. The van der Waals surface area contributed by atoms with E-state index in [0.717, 1.165) is 4.31 Å². The van der Waals surface area contributed by atoms with Gasteiger partial charge in [-0.05, 0) is 55.3 Å². The first-order valence-corrected chi connectivity index (χ1v) is 13.3. The summed E-state index contributed by atoms with van der Waals surface area (Å²) in [5.74, 6) is -0.975. The van der Waals surface area contributed by atoms with Crippen LogP contribution in [0.2, 0.25) is 10.0 Å². The van der Waals surface area contributed by atoms with Crippen LogP contribution in [0.3, 0.4) is 0 Å². The zero-order chi connectivity index (χ0) is 26.5. The van der Waals surface area contributed by atoms with Crippen molar-refractivity contribution in [2.45, 2.75) is 31.3 Å². The van der Waals surface area contributed by atoms with Gasteiger partial charge in [0.25, 0.3) is 10.0 Å². The molecule has 3 aromatic rings. The minimum atomic E-state index is -4.15. The van der Waals surface area contributed by atoms with Crippen molar-refractivity contribution in [3.05, 3.63) is 94.0 Å². The van der Waals surface area contributed by atoms with E-state index >= 15 is 0 Å². The number of hydrogen-bond donors (Lipinski definition) is 1. The molecule has 0 spiro atoms. The van der Waals surface area contributed by atoms with Gasteiger partial charge in [0.2, 0.25) is 11.8 Å². The minimum Gasteiger partial charge on any atom is -0.357 e. The quantitative estimate of drug-likeness (QED) is 0.422. The smallest absolute Gasteiger partial charge is 0.264 e. The highest BCUT2D eigenvalue weighted by molar-refractivity contribution is 7.92. The van der Waals surface area contributed by atoms with Crippen molar-refractivity contribution in [3.8, 4) is 0 Å². The van der Waals surface area contributed by atoms with Gasteiger partial charge in [0.05, 0.1) is 10.6 Å². The molecule has 3 aromatic carbocycles. The molecule has 2 amide bonds. The summed E-state index contributed by atoms with van der Waals surface area (Å²) in [5.41, 5.74) is 1.40. The summed E-state index contributed by atoms with van der Waals surface area (Å²) < 4.78 is 28.5. The number of amides is 2. The fourth-order valence-corrected chi connectivity index (χ4v) is 5.56. The van der Waals surface area contributed by atoms with E-state index in [1.165, 1.54) is 24.1 Å². The highest BCUT2D eigenvalue weighted by Crippen LogP contribution is 2.31. The molecule has 0 aliphatic heterocycles. The number of sulfonamides is 1. The van der Waals surface area contributed by atoms with Gasteiger partial charge in [0, 0.05) is 23.6 Å². The molecular weight excluding hydrogens is 521 g/mol. The van der Waals surface area contributed by atoms with Gasteiger partial charge in [0.1, 0.15) is 12.6 Å². The standard InChI is InChI=1S/C26H27Cl2N3O4S/c1-18-22(27)14-9-15-24(18)31(36(34,35)21-11-5-4-6-12-21)17-25(32)30(19(2)26(33)29-3)16-20-10-7-8-13-23(20)28/h4-15,19H,16-17H2,1-3H3,(H,29,33)/t19-/m0/s1. The Bertz CT molecular complexity index is 1350. The Morgan fingerprint density at radius 1 is 0.917 bits per heavy atom. The minimum absolute atomic E-state index is 0.0147. The van der Waals surface area contributed by atoms with E-state index in [2.05, 4.69) is 5.32 Å². The zero-order valence-electron chi connectivity index (χ0n) is 20.1. The third kappa shape index (κ3) is 6.00. The molecule has 0 aliphatic rings. The number of rotatable bonds is 9. The van der Waals surface area contributed by atoms with Crippen LogP contribution in [0.1, 0.15) is 18.1 Å². The van der Waals surface area contributed by atoms with Gasteiger partial charge in [0.15, 0.2) is 0 Å². The van der Waals surface area contributed by atoms with Crippen LogP contribution in [0.5, 0.6) is 0 Å². The van der Waals surface area contributed by atoms with Gasteiger partial charge in [-0.3, -0.25) is 13.9 Å². The molecule has 0 aromatic heterocycles. The first-order valence-electron chi connectivity index (χ1n) is 11.1. The number of anilines is 1. The van der Waals surface area contributed by atoms with E-state index < -0.39 is 34.4 Å². The Labute approximate surface area is 221 Å². The summed E-state index contributed by atoms with van der Waals surface area (Å²) in [6, 6.07) is 18.8. The number of carbonyl (C=O) groups excluding carboxylic acids is 2. The maximum absolute atomic E-state index is 13.7. The third-order valence-electron chi connectivity index (χ3n) is 5.83. The second-order valence-electron chi connectivity index (χ2n) is 8.11. The molecule has 3 rings (SSSR count). The second kappa shape index (κ2) is 11.8. The van der Waals surface area contributed by atoms with E-state index in [9.17, 15) is 18.0 Å². The lowest BCUT2D eigenvalue weighted by atomic mass is 10.1.